The van der Waals surface area contributed by atoms with E-state index in [4.69, 9.17) is 11.6 Å². The first-order valence-corrected chi connectivity index (χ1v) is 9.08. The van der Waals surface area contributed by atoms with Gasteiger partial charge < -0.3 is 19.7 Å². The fraction of sp³-hybridized carbons (Fsp3) is 0.190. The number of aryl methyl sites for hydroxylation is 2. The first-order valence-electron chi connectivity index (χ1n) is 8.70. The molecule has 0 bridgehead atoms. The van der Waals surface area contributed by atoms with Gasteiger partial charge in [0.05, 0.1) is 0 Å². The molecule has 0 atom stereocenters. The summed E-state index contributed by atoms with van der Waals surface area (Å²) in [5.74, 6) is -1.60. The summed E-state index contributed by atoms with van der Waals surface area (Å²) < 4.78 is 14.4. The minimum absolute atomic E-state index is 0.0122. The van der Waals surface area contributed by atoms with E-state index in [-0.39, 0.29) is 23.8 Å². The molecule has 1 amide bonds. The van der Waals surface area contributed by atoms with Gasteiger partial charge in [-0.15, -0.1) is 0 Å². The zero-order chi connectivity index (χ0) is 20.3. The van der Waals surface area contributed by atoms with Crippen LogP contribution in [0.1, 0.15) is 21.5 Å². The number of hydrogen-bond donors (Lipinski definition) is 2. The molecule has 0 aliphatic heterocycles. The third kappa shape index (κ3) is 4.46. The van der Waals surface area contributed by atoms with E-state index in [2.05, 4.69) is 0 Å². The number of rotatable bonds is 6. The summed E-state index contributed by atoms with van der Waals surface area (Å²) in [6, 6.07) is 13.2. The van der Waals surface area contributed by atoms with E-state index < -0.39 is 11.7 Å². The van der Waals surface area contributed by atoms with E-state index in [1.165, 1.54) is 27.8 Å². The standard InChI is InChI=1S/C21H20ClFN2O3/c1-24(12-15-4-8-17(23)9-5-15)20(27)18-13-25(21(28)19(18)26)11-10-14-2-6-16(22)7-3-14/h2-9,13,26,28H,10-12H2,1H3. The van der Waals surface area contributed by atoms with E-state index in [1.54, 1.807) is 31.3 Å². The molecule has 1 heterocycles. The first kappa shape index (κ1) is 19.8. The van der Waals surface area contributed by atoms with Crippen LogP contribution in [0, 0.1) is 5.82 Å². The van der Waals surface area contributed by atoms with Gasteiger partial charge in [-0.1, -0.05) is 35.9 Å². The van der Waals surface area contributed by atoms with Crippen molar-refractivity contribution in [3.8, 4) is 11.6 Å². The topological polar surface area (TPSA) is 65.7 Å². The van der Waals surface area contributed by atoms with Crippen LogP contribution < -0.4 is 0 Å². The summed E-state index contributed by atoms with van der Waals surface area (Å²) >= 11 is 5.87. The van der Waals surface area contributed by atoms with Crippen LogP contribution in [0.25, 0.3) is 0 Å². The van der Waals surface area contributed by atoms with Crippen molar-refractivity contribution in [2.24, 2.45) is 0 Å². The fourth-order valence-corrected chi connectivity index (χ4v) is 3.03. The third-order valence-electron chi connectivity index (χ3n) is 4.49. The zero-order valence-corrected chi connectivity index (χ0v) is 16.0. The number of benzene rings is 2. The van der Waals surface area contributed by atoms with Gasteiger partial charge in [0.15, 0.2) is 5.75 Å². The summed E-state index contributed by atoms with van der Waals surface area (Å²) in [6.45, 7) is 0.630. The average Bonchev–Trinajstić information content (AvgIpc) is 2.97. The van der Waals surface area contributed by atoms with Crippen LogP contribution in [-0.2, 0) is 19.5 Å². The number of nitrogens with zero attached hydrogens (tertiary/aromatic N) is 2. The van der Waals surface area contributed by atoms with Gasteiger partial charge in [0, 0.05) is 31.4 Å². The molecule has 2 aromatic carbocycles. The lowest BCUT2D eigenvalue weighted by atomic mass is 10.1. The normalized spacial score (nSPS) is 10.8. The molecule has 146 valence electrons. The highest BCUT2D eigenvalue weighted by Gasteiger charge is 2.23. The van der Waals surface area contributed by atoms with E-state index >= 15 is 0 Å². The van der Waals surface area contributed by atoms with E-state index in [0.717, 1.165) is 11.1 Å². The second-order valence-corrected chi connectivity index (χ2v) is 7.01. The molecular formula is C21H20ClFN2O3. The molecule has 1 aromatic heterocycles. The lowest BCUT2D eigenvalue weighted by Gasteiger charge is -2.16. The van der Waals surface area contributed by atoms with Crippen molar-refractivity contribution >= 4 is 17.5 Å². The summed E-state index contributed by atoms with van der Waals surface area (Å²) in [5, 5.41) is 21.0. The lowest BCUT2D eigenvalue weighted by Crippen LogP contribution is -2.26. The van der Waals surface area contributed by atoms with Crippen LogP contribution in [0.15, 0.2) is 54.7 Å². The summed E-state index contributed by atoms with van der Waals surface area (Å²) in [7, 11) is 1.58. The van der Waals surface area contributed by atoms with Crippen molar-refractivity contribution in [1.29, 1.82) is 0 Å². The molecule has 0 spiro atoms. The average molecular weight is 403 g/mol. The van der Waals surface area contributed by atoms with E-state index in [1.807, 2.05) is 12.1 Å². The Labute approximate surface area is 167 Å². The van der Waals surface area contributed by atoms with E-state index in [0.29, 0.717) is 18.0 Å². The summed E-state index contributed by atoms with van der Waals surface area (Å²) in [5.41, 5.74) is 1.78. The zero-order valence-electron chi connectivity index (χ0n) is 15.3. The van der Waals surface area contributed by atoms with Gasteiger partial charge in [0.2, 0.25) is 5.88 Å². The Kier molecular flexibility index (Phi) is 5.90. The molecule has 0 radical (unpaired) electrons. The molecule has 0 aliphatic carbocycles. The van der Waals surface area contributed by atoms with E-state index in [9.17, 15) is 19.4 Å². The lowest BCUT2D eigenvalue weighted by molar-refractivity contribution is 0.0782. The second-order valence-electron chi connectivity index (χ2n) is 6.57. The molecule has 0 saturated carbocycles. The Morgan fingerprint density at radius 1 is 1.07 bits per heavy atom. The minimum Gasteiger partial charge on any atom is -0.503 e. The maximum atomic E-state index is 13.0. The smallest absolute Gasteiger partial charge is 0.259 e. The quantitative estimate of drug-likeness (QED) is 0.649. The summed E-state index contributed by atoms with van der Waals surface area (Å²) in [4.78, 5) is 14.1. The fourth-order valence-electron chi connectivity index (χ4n) is 2.90. The number of carbonyl (C=O) groups is 1. The third-order valence-corrected chi connectivity index (χ3v) is 4.74. The Morgan fingerprint density at radius 3 is 2.32 bits per heavy atom. The number of carbonyl (C=O) groups excluding carboxylic acids is 1. The Bertz CT molecular complexity index is 969. The maximum absolute atomic E-state index is 13.0. The molecule has 28 heavy (non-hydrogen) atoms. The van der Waals surface area contributed by atoms with Crippen molar-refractivity contribution in [3.05, 3.63) is 82.3 Å². The largest absolute Gasteiger partial charge is 0.503 e. The predicted molar refractivity (Wildman–Crippen MR) is 105 cm³/mol. The van der Waals surface area contributed by atoms with Crippen molar-refractivity contribution < 1.29 is 19.4 Å². The van der Waals surface area contributed by atoms with Crippen LogP contribution in [0.4, 0.5) is 4.39 Å². The number of hydrogen-bond acceptors (Lipinski definition) is 3. The molecule has 2 N–H and O–H groups in total. The van der Waals surface area contributed by atoms with Crippen LogP contribution in [0.3, 0.4) is 0 Å². The highest BCUT2D eigenvalue weighted by Crippen LogP contribution is 2.32. The highest BCUT2D eigenvalue weighted by atomic mass is 35.5. The second kappa shape index (κ2) is 8.35. The van der Waals surface area contributed by atoms with Gasteiger partial charge >= 0.3 is 0 Å². The van der Waals surface area contributed by atoms with Crippen molar-refractivity contribution in [1.82, 2.24) is 9.47 Å². The van der Waals surface area contributed by atoms with Crippen molar-refractivity contribution in [3.63, 3.8) is 0 Å². The number of aromatic hydroxyl groups is 2. The molecular weight excluding hydrogens is 383 g/mol. The van der Waals surface area contributed by atoms with Gasteiger partial charge in [0.25, 0.3) is 5.91 Å². The Balaban J connectivity index is 1.71. The van der Waals surface area contributed by atoms with Gasteiger partial charge in [-0.3, -0.25) is 4.79 Å². The van der Waals surface area contributed by atoms with Gasteiger partial charge in [-0.25, -0.2) is 4.39 Å². The molecule has 3 rings (SSSR count). The SMILES string of the molecule is CN(Cc1ccc(F)cc1)C(=O)c1cn(CCc2ccc(Cl)cc2)c(O)c1O. The Morgan fingerprint density at radius 2 is 1.68 bits per heavy atom. The Hall–Kier alpha value is -2.99. The number of amides is 1. The predicted octanol–water partition coefficient (Wildman–Crippen LogP) is 4.21. The molecule has 0 fully saturated rings. The molecule has 0 saturated heterocycles. The highest BCUT2D eigenvalue weighted by molar-refractivity contribution is 6.30. The molecule has 5 nitrogen and oxygen atoms in total. The maximum Gasteiger partial charge on any atom is 0.259 e. The van der Waals surface area contributed by atoms with Gasteiger partial charge in [-0.05, 0) is 41.8 Å². The van der Waals surface area contributed by atoms with Crippen molar-refractivity contribution in [2.45, 2.75) is 19.5 Å². The molecule has 0 aliphatic rings. The van der Waals surface area contributed by atoms with Crippen LogP contribution in [0.2, 0.25) is 5.02 Å². The van der Waals surface area contributed by atoms with Gasteiger partial charge in [0.1, 0.15) is 11.4 Å². The minimum atomic E-state index is -0.452. The van der Waals surface area contributed by atoms with Crippen LogP contribution >= 0.6 is 11.6 Å². The summed E-state index contributed by atoms with van der Waals surface area (Å²) in [6.07, 6.45) is 2.03. The van der Waals surface area contributed by atoms with Gasteiger partial charge in [-0.2, -0.15) is 0 Å². The monoisotopic (exact) mass is 402 g/mol. The first-order chi connectivity index (χ1) is 13.3. The number of aromatic nitrogens is 1. The molecule has 7 heteroatoms. The van der Waals surface area contributed by atoms with Crippen LogP contribution in [-0.4, -0.2) is 32.6 Å². The molecule has 0 unspecified atom stereocenters. The van der Waals surface area contributed by atoms with Crippen LogP contribution in [0.5, 0.6) is 11.6 Å². The molecule has 3 aromatic rings. The van der Waals surface area contributed by atoms with Crippen molar-refractivity contribution in [2.75, 3.05) is 7.05 Å². The number of halogens is 2.